The van der Waals surface area contributed by atoms with Crippen LogP contribution in [0.3, 0.4) is 0 Å². The second-order valence-electron chi connectivity index (χ2n) is 7.63. The zero-order chi connectivity index (χ0) is 25.1. The smallest absolute Gasteiger partial charge is 0.416 e. The molecule has 2 aromatic carbocycles. The Kier molecular flexibility index (Phi) is 11.1. The Bertz CT molecular complexity index is 1040. The number of unbranched alkanes of at least 4 members (excludes halogenated alkanes) is 5. The van der Waals surface area contributed by atoms with Crippen molar-refractivity contribution in [2.45, 2.75) is 51.6 Å². The van der Waals surface area contributed by atoms with Gasteiger partial charge in [0.15, 0.2) is 0 Å². The number of ether oxygens (including phenoxy) is 1. The number of carbonyl (C=O) groups is 1. The largest absolute Gasteiger partial charge is 0.491 e. The SMILES string of the molecule is CCCCCCCCOc1c(Br)cc(/C=C(\C#N)C(=O)Nc2cccc(C(F)(F)F)c2)cc1Br. The summed E-state index contributed by atoms with van der Waals surface area (Å²) in [6, 6.07) is 9.44. The lowest BCUT2D eigenvalue weighted by atomic mass is 10.1. The molecule has 2 rings (SSSR count). The third-order valence-corrected chi connectivity index (χ3v) is 6.07. The van der Waals surface area contributed by atoms with Gasteiger partial charge in [0.05, 0.1) is 21.1 Å². The molecule has 9 heteroatoms. The van der Waals surface area contributed by atoms with Crippen LogP contribution in [0.1, 0.15) is 56.6 Å². The highest BCUT2D eigenvalue weighted by molar-refractivity contribution is 9.11. The van der Waals surface area contributed by atoms with E-state index in [9.17, 15) is 23.2 Å². The van der Waals surface area contributed by atoms with Gasteiger partial charge < -0.3 is 10.1 Å². The Hall–Kier alpha value is -2.31. The molecule has 0 spiro atoms. The van der Waals surface area contributed by atoms with Gasteiger partial charge in [0.1, 0.15) is 17.4 Å². The quantitative estimate of drug-likeness (QED) is 0.159. The summed E-state index contributed by atoms with van der Waals surface area (Å²) in [5.74, 6) is -0.185. The van der Waals surface area contributed by atoms with Crippen LogP contribution >= 0.6 is 31.9 Å². The van der Waals surface area contributed by atoms with Crippen molar-refractivity contribution in [2.24, 2.45) is 0 Å². The average molecular weight is 602 g/mol. The number of benzene rings is 2. The number of nitriles is 1. The van der Waals surface area contributed by atoms with Crippen molar-refractivity contribution >= 4 is 49.5 Å². The van der Waals surface area contributed by atoms with Gasteiger partial charge in [0, 0.05) is 5.69 Å². The molecule has 0 fully saturated rings. The average Bonchev–Trinajstić information content (AvgIpc) is 2.78. The molecule has 0 aliphatic rings. The number of amides is 1. The topological polar surface area (TPSA) is 62.1 Å². The number of anilines is 1. The second kappa shape index (κ2) is 13.5. The number of hydrogen-bond acceptors (Lipinski definition) is 3. The first-order valence-electron chi connectivity index (χ1n) is 10.9. The second-order valence-corrected chi connectivity index (χ2v) is 9.34. The lowest BCUT2D eigenvalue weighted by Crippen LogP contribution is -2.14. The third-order valence-electron chi connectivity index (χ3n) is 4.89. The van der Waals surface area contributed by atoms with Crippen LogP contribution in [0.15, 0.2) is 50.9 Å². The van der Waals surface area contributed by atoms with Gasteiger partial charge in [0.2, 0.25) is 0 Å². The van der Waals surface area contributed by atoms with Crippen molar-refractivity contribution in [1.29, 1.82) is 5.26 Å². The number of carbonyl (C=O) groups excluding carboxylic acids is 1. The summed E-state index contributed by atoms with van der Waals surface area (Å²) in [6.07, 6.45) is 3.73. The standard InChI is InChI=1S/C25H25Br2F3N2O2/c1-2-3-4-5-6-7-11-34-23-21(26)13-17(14-22(23)27)12-18(16-31)24(33)32-20-10-8-9-19(15-20)25(28,29)30/h8-10,12-15H,2-7,11H2,1H3,(H,32,33)/b18-12+. The number of hydrogen-bond donors (Lipinski definition) is 1. The van der Waals surface area contributed by atoms with E-state index >= 15 is 0 Å². The zero-order valence-corrected chi connectivity index (χ0v) is 21.8. The van der Waals surface area contributed by atoms with Gasteiger partial charge >= 0.3 is 6.18 Å². The van der Waals surface area contributed by atoms with Crippen LogP contribution in [0.4, 0.5) is 18.9 Å². The van der Waals surface area contributed by atoms with E-state index in [-0.39, 0.29) is 11.3 Å². The molecule has 0 bridgehead atoms. The van der Waals surface area contributed by atoms with Gasteiger partial charge in [-0.3, -0.25) is 4.79 Å². The predicted octanol–water partition coefficient (Wildman–Crippen LogP) is 8.52. The molecule has 0 radical (unpaired) electrons. The molecule has 182 valence electrons. The first kappa shape index (κ1) is 27.9. The van der Waals surface area contributed by atoms with E-state index in [1.54, 1.807) is 18.2 Å². The highest BCUT2D eigenvalue weighted by atomic mass is 79.9. The summed E-state index contributed by atoms with van der Waals surface area (Å²) in [5, 5.41) is 11.8. The molecule has 2 aromatic rings. The summed E-state index contributed by atoms with van der Waals surface area (Å²) in [5.41, 5.74) is -0.655. The molecular weight excluding hydrogens is 577 g/mol. The summed E-state index contributed by atoms with van der Waals surface area (Å²) in [4.78, 5) is 12.5. The molecule has 0 aliphatic heterocycles. The molecule has 1 N–H and O–H groups in total. The number of rotatable bonds is 11. The van der Waals surface area contributed by atoms with E-state index in [0.29, 0.717) is 26.9 Å². The number of alkyl halides is 3. The molecule has 4 nitrogen and oxygen atoms in total. The molecule has 0 atom stereocenters. The van der Waals surface area contributed by atoms with Gasteiger partial charge in [-0.15, -0.1) is 0 Å². The van der Waals surface area contributed by atoms with Crippen LogP contribution in [0, 0.1) is 11.3 Å². The van der Waals surface area contributed by atoms with Crippen molar-refractivity contribution < 1.29 is 22.7 Å². The molecule has 0 saturated carbocycles. The fourth-order valence-corrected chi connectivity index (χ4v) is 4.60. The van der Waals surface area contributed by atoms with Gasteiger partial charge in [-0.05, 0) is 80.3 Å². The van der Waals surface area contributed by atoms with Gasteiger partial charge in [-0.25, -0.2) is 0 Å². The van der Waals surface area contributed by atoms with Crippen molar-refractivity contribution in [2.75, 3.05) is 11.9 Å². The maximum atomic E-state index is 12.9. The fourth-order valence-electron chi connectivity index (χ4n) is 3.14. The van der Waals surface area contributed by atoms with E-state index in [4.69, 9.17) is 4.74 Å². The minimum absolute atomic E-state index is 0.0539. The van der Waals surface area contributed by atoms with Gasteiger partial charge in [-0.2, -0.15) is 18.4 Å². The first-order valence-corrected chi connectivity index (χ1v) is 12.5. The van der Waals surface area contributed by atoms with Crippen molar-refractivity contribution in [1.82, 2.24) is 0 Å². The van der Waals surface area contributed by atoms with Crippen molar-refractivity contribution in [3.63, 3.8) is 0 Å². The van der Waals surface area contributed by atoms with Gasteiger partial charge in [-0.1, -0.05) is 45.1 Å². The number of nitrogens with one attached hydrogen (secondary N) is 1. The minimum Gasteiger partial charge on any atom is -0.491 e. The van der Waals surface area contributed by atoms with Crippen molar-refractivity contribution in [3.8, 4) is 11.8 Å². The van der Waals surface area contributed by atoms with Crippen LogP contribution in [0.25, 0.3) is 6.08 Å². The van der Waals surface area contributed by atoms with Crippen LogP contribution in [-0.4, -0.2) is 12.5 Å². The van der Waals surface area contributed by atoms with Gasteiger partial charge in [0.25, 0.3) is 5.91 Å². The Balaban J connectivity index is 2.06. The molecule has 0 heterocycles. The lowest BCUT2D eigenvalue weighted by Gasteiger charge is -2.12. The van der Waals surface area contributed by atoms with E-state index in [2.05, 4.69) is 44.1 Å². The molecule has 0 aliphatic carbocycles. The van der Waals surface area contributed by atoms with E-state index < -0.39 is 17.6 Å². The number of nitrogens with zero attached hydrogens (tertiary/aromatic N) is 1. The Morgan fingerprint density at radius 2 is 1.74 bits per heavy atom. The molecule has 0 saturated heterocycles. The van der Waals surface area contributed by atoms with Crippen LogP contribution in [0.2, 0.25) is 0 Å². The van der Waals surface area contributed by atoms with Crippen molar-refractivity contribution in [3.05, 3.63) is 62.0 Å². The summed E-state index contributed by atoms with van der Waals surface area (Å²) < 4.78 is 45.8. The fraction of sp³-hybridized carbons (Fsp3) is 0.360. The minimum atomic E-state index is -4.54. The Labute approximate surface area is 214 Å². The molecule has 0 aromatic heterocycles. The summed E-state index contributed by atoms with van der Waals surface area (Å²) in [7, 11) is 0. The maximum absolute atomic E-state index is 12.9. The molecule has 0 unspecified atom stereocenters. The predicted molar refractivity (Wildman–Crippen MR) is 134 cm³/mol. The maximum Gasteiger partial charge on any atom is 0.416 e. The zero-order valence-electron chi connectivity index (χ0n) is 18.6. The molecular formula is C25H25Br2F3N2O2. The van der Waals surface area contributed by atoms with Crippen LogP contribution in [-0.2, 0) is 11.0 Å². The van der Waals surface area contributed by atoms with E-state index in [0.717, 1.165) is 25.0 Å². The normalized spacial score (nSPS) is 11.7. The van der Waals surface area contributed by atoms with Crippen LogP contribution in [0.5, 0.6) is 5.75 Å². The first-order chi connectivity index (χ1) is 16.2. The number of halogens is 5. The highest BCUT2D eigenvalue weighted by Gasteiger charge is 2.30. The monoisotopic (exact) mass is 600 g/mol. The third kappa shape index (κ3) is 8.80. The molecule has 34 heavy (non-hydrogen) atoms. The van der Waals surface area contributed by atoms with E-state index in [1.807, 2.05) is 0 Å². The molecule has 1 amide bonds. The Morgan fingerprint density at radius 3 is 2.35 bits per heavy atom. The van der Waals surface area contributed by atoms with Crippen LogP contribution < -0.4 is 10.1 Å². The lowest BCUT2D eigenvalue weighted by molar-refractivity contribution is -0.137. The highest BCUT2D eigenvalue weighted by Crippen LogP contribution is 2.36. The summed E-state index contributed by atoms with van der Waals surface area (Å²) >= 11 is 6.91. The summed E-state index contributed by atoms with van der Waals surface area (Å²) in [6.45, 7) is 2.75. The van der Waals surface area contributed by atoms with E-state index in [1.165, 1.54) is 43.9 Å². The Morgan fingerprint density at radius 1 is 1.09 bits per heavy atom.